The van der Waals surface area contributed by atoms with Crippen LogP contribution in [0, 0.1) is 0 Å². The summed E-state index contributed by atoms with van der Waals surface area (Å²) in [5, 5.41) is 7.63. The molecule has 5 rings (SSSR count). The molecule has 0 aliphatic heterocycles. The number of benzene rings is 2. The van der Waals surface area contributed by atoms with E-state index >= 15 is 0 Å². The minimum absolute atomic E-state index is 0.137. The number of rotatable bonds is 5. The quantitative estimate of drug-likeness (QED) is 0.407. The number of hydrogen-bond donors (Lipinski definition) is 3. The van der Waals surface area contributed by atoms with Gasteiger partial charge in [-0.05, 0) is 67.8 Å². The van der Waals surface area contributed by atoms with Gasteiger partial charge in [-0.15, -0.1) is 0 Å². The lowest BCUT2D eigenvalue weighted by molar-refractivity contribution is 0.0889. The number of aromatic nitrogens is 2. The Bertz CT molecular complexity index is 1420. The van der Waals surface area contributed by atoms with Crippen LogP contribution >= 0.6 is 11.6 Å². The summed E-state index contributed by atoms with van der Waals surface area (Å²) in [6, 6.07) is 18.7. The Morgan fingerprint density at radius 2 is 1.65 bits per heavy atom. The van der Waals surface area contributed by atoms with E-state index in [4.69, 9.17) is 11.6 Å². The van der Waals surface area contributed by atoms with Gasteiger partial charge < -0.3 is 15.6 Å². The van der Waals surface area contributed by atoms with Gasteiger partial charge in [0.2, 0.25) is 0 Å². The molecule has 2 heterocycles. The van der Waals surface area contributed by atoms with Crippen LogP contribution in [-0.2, 0) is 0 Å². The summed E-state index contributed by atoms with van der Waals surface area (Å²) < 4.78 is 1.52. The number of pyridine rings is 1. The highest BCUT2D eigenvalue weighted by molar-refractivity contribution is 6.31. The topological polar surface area (TPSA) is 96.0 Å². The van der Waals surface area contributed by atoms with Gasteiger partial charge in [-0.1, -0.05) is 23.7 Å². The van der Waals surface area contributed by atoms with Crippen molar-refractivity contribution in [1.82, 2.24) is 20.2 Å². The van der Waals surface area contributed by atoms with E-state index in [1.54, 1.807) is 60.8 Å². The Hall–Kier alpha value is -3.84. The van der Waals surface area contributed by atoms with E-state index in [1.165, 1.54) is 10.6 Å². The summed E-state index contributed by atoms with van der Waals surface area (Å²) in [5.41, 5.74) is 2.31. The Balaban J connectivity index is 1.25. The van der Waals surface area contributed by atoms with E-state index in [1.807, 2.05) is 6.07 Å². The van der Waals surface area contributed by atoms with Crippen molar-refractivity contribution in [2.45, 2.75) is 31.3 Å². The molecule has 3 N–H and O–H groups in total. The van der Waals surface area contributed by atoms with Crippen LogP contribution in [0.1, 0.15) is 40.1 Å². The summed E-state index contributed by atoms with van der Waals surface area (Å²) in [4.78, 5) is 40.8. The molecule has 7 nitrogen and oxygen atoms in total. The normalized spacial score (nSPS) is 17.6. The third-order valence-corrected chi connectivity index (χ3v) is 6.44. The second kappa shape index (κ2) is 9.19. The highest BCUT2D eigenvalue weighted by atomic mass is 35.5. The van der Waals surface area contributed by atoms with Crippen LogP contribution in [0.2, 0.25) is 5.02 Å². The van der Waals surface area contributed by atoms with Gasteiger partial charge in [-0.3, -0.25) is 19.0 Å². The molecule has 2 aromatic carbocycles. The predicted molar refractivity (Wildman–Crippen MR) is 132 cm³/mol. The number of halogens is 1. The fourth-order valence-corrected chi connectivity index (χ4v) is 4.61. The molecule has 0 unspecified atom stereocenters. The SMILES string of the molecule is O=C(N[C@H]1CCC[C@H]1NC(=O)c1cc2ccc(Cl)cc2[nH]1)c1ccc(-n2ccccc2=O)cc1. The number of fused-ring (bicyclic) bond motifs is 1. The molecule has 1 saturated carbocycles. The number of hydrogen-bond acceptors (Lipinski definition) is 3. The number of carbonyl (C=O) groups excluding carboxylic acids is 2. The third-order valence-electron chi connectivity index (χ3n) is 6.21. The van der Waals surface area contributed by atoms with Gasteiger partial charge in [0.1, 0.15) is 5.69 Å². The van der Waals surface area contributed by atoms with Gasteiger partial charge >= 0.3 is 0 Å². The van der Waals surface area contributed by atoms with E-state index < -0.39 is 0 Å². The van der Waals surface area contributed by atoms with Crippen molar-refractivity contribution < 1.29 is 9.59 Å². The molecule has 0 saturated heterocycles. The lowest BCUT2D eigenvalue weighted by Gasteiger charge is -2.22. The Kier molecular flexibility index (Phi) is 5.94. The first-order valence-electron chi connectivity index (χ1n) is 11.2. The zero-order valence-corrected chi connectivity index (χ0v) is 19.0. The van der Waals surface area contributed by atoms with Crippen LogP contribution in [0.3, 0.4) is 0 Å². The Labute approximate surface area is 200 Å². The molecule has 0 radical (unpaired) electrons. The first-order chi connectivity index (χ1) is 16.5. The van der Waals surface area contributed by atoms with Crippen molar-refractivity contribution in [3.63, 3.8) is 0 Å². The van der Waals surface area contributed by atoms with E-state index in [-0.39, 0.29) is 29.5 Å². The molecule has 2 aromatic heterocycles. The van der Waals surface area contributed by atoms with Crippen molar-refractivity contribution in [1.29, 1.82) is 0 Å². The number of carbonyl (C=O) groups is 2. The minimum atomic E-state index is -0.212. The predicted octanol–water partition coefficient (Wildman–Crippen LogP) is 4.05. The average molecular weight is 475 g/mol. The molecule has 1 aliphatic carbocycles. The van der Waals surface area contributed by atoms with E-state index in [2.05, 4.69) is 15.6 Å². The van der Waals surface area contributed by atoms with Crippen LogP contribution in [0.25, 0.3) is 16.6 Å². The number of nitrogens with one attached hydrogen (secondary N) is 3. The van der Waals surface area contributed by atoms with Gasteiger partial charge in [-0.2, -0.15) is 0 Å². The molecule has 4 aromatic rings. The molecule has 0 spiro atoms. The molecule has 1 aliphatic rings. The maximum absolute atomic E-state index is 12.9. The number of aromatic amines is 1. The number of amides is 2. The van der Waals surface area contributed by atoms with Gasteiger partial charge in [0.25, 0.3) is 17.4 Å². The fraction of sp³-hybridized carbons (Fsp3) is 0.192. The maximum atomic E-state index is 12.9. The highest BCUT2D eigenvalue weighted by Crippen LogP contribution is 2.23. The van der Waals surface area contributed by atoms with Crippen LogP contribution in [0.4, 0.5) is 0 Å². The monoisotopic (exact) mass is 474 g/mol. The molecular formula is C26H23ClN4O3. The van der Waals surface area contributed by atoms with Crippen LogP contribution in [0.5, 0.6) is 0 Å². The van der Waals surface area contributed by atoms with Gasteiger partial charge in [-0.25, -0.2) is 0 Å². The molecule has 0 bridgehead atoms. The molecule has 2 atom stereocenters. The molecule has 1 fully saturated rings. The number of nitrogens with zero attached hydrogens (tertiary/aromatic N) is 1. The van der Waals surface area contributed by atoms with Crippen LogP contribution in [0.15, 0.2) is 77.7 Å². The second-order valence-electron chi connectivity index (χ2n) is 8.46. The average Bonchev–Trinajstić information content (AvgIpc) is 3.46. The molecule has 2 amide bonds. The van der Waals surface area contributed by atoms with Crippen molar-refractivity contribution >= 4 is 34.3 Å². The molecule has 34 heavy (non-hydrogen) atoms. The van der Waals surface area contributed by atoms with Gasteiger partial charge in [0.15, 0.2) is 0 Å². The minimum Gasteiger partial charge on any atom is -0.350 e. The first kappa shape index (κ1) is 22.0. The first-order valence-corrected chi connectivity index (χ1v) is 11.5. The van der Waals surface area contributed by atoms with E-state index in [0.29, 0.717) is 22.0 Å². The Morgan fingerprint density at radius 1 is 0.912 bits per heavy atom. The van der Waals surface area contributed by atoms with Gasteiger partial charge in [0.05, 0.1) is 0 Å². The van der Waals surface area contributed by atoms with E-state index in [0.717, 1.165) is 30.2 Å². The Morgan fingerprint density at radius 3 is 2.38 bits per heavy atom. The number of H-pyrrole nitrogens is 1. The summed E-state index contributed by atoms with van der Waals surface area (Å²) in [7, 11) is 0. The van der Waals surface area contributed by atoms with Gasteiger partial charge in [0, 0.05) is 51.5 Å². The van der Waals surface area contributed by atoms with Crippen LogP contribution < -0.4 is 16.2 Å². The fourth-order valence-electron chi connectivity index (χ4n) is 4.44. The lowest BCUT2D eigenvalue weighted by atomic mass is 10.1. The summed E-state index contributed by atoms with van der Waals surface area (Å²) >= 11 is 6.03. The standard InChI is InChI=1S/C26H23ClN4O3/c27-18-10-7-17-14-23(28-22(17)15-18)26(34)30-21-5-3-4-20(21)29-25(33)16-8-11-19(12-9-16)31-13-2-1-6-24(31)32/h1-2,6-15,20-21,28H,3-5H2,(H,29,33)(H,30,34)/t20-,21+/m0/s1. The van der Waals surface area contributed by atoms with E-state index in [9.17, 15) is 14.4 Å². The molecular weight excluding hydrogens is 452 g/mol. The largest absolute Gasteiger partial charge is 0.350 e. The summed E-state index contributed by atoms with van der Waals surface area (Å²) in [5.74, 6) is -0.422. The smallest absolute Gasteiger partial charge is 0.268 e. The highest BCUT2D eigenvalue weighted by Gasteiger charge is 2.30. The van der Waals surface area contributed by atoms with Crippen molar-refractivity contribution in [3.05, 3.63) is 99.6 Å². The molecule has 172 valence electrons. The van der Waals surface area contributed by atoms with Crippen molar-refractivity contribution in [3.8, 4) is 5.69 Å². The van der Waals surface area contributed by atoms with Crippen molar-refractivity contribution in [2.75, 3.05) is 0 Å². The van der Waals surface area contributed by atoms with Crippen molar-refractivity contribution in [2.24, 2.45) is 0 Å². The third kappa shape index (κ3) is 4.47. The zero-order valence-electron chi connectivity index (χ0n) is 18.3. The maximum Gasteiger partial charge on any atom is 0.268 e. The second-order valence-corrected chi connectivity index (χ2v) is 8.90. The van der Waals surface area contributed by atoms with Crippen LogP contribution in [-0.4, -0.2) is 33.4 Å². The zero-order chi connectivity index (χ0) is 23.7. The summed E-state index contributed by atoms with van der Waals surface area (Å²) in [6.07, 6.45) is 4.17. The molecule has 8 heteroatoms. The summed E-state index contributed by atoms with van der Waals surface area (Å²) in [6.45, 7) is 0. The lowest BCUT2D eigenvalue weighted by Crippen LogP contribution is -2.48.